The van der Waals surface area contributed by atoms with E-state index in [0.29, 0.717) is 13.3 Å². The number of hydrogen-bond donors (Lipinski definition) is 1. The first-order valence-corrected chi connectivity index (χ1v) is 7.19. The number of amides is 1. The Hall–Kier alpha value is -2.34. The predicted molar refractivity (Wildman–Crippen MR) is 84.3 cm³/mol. The van der Waals surface area contributed by atoms with Crippen LogP contribution in [0.25, 0.3) is 11.3 Å². The Morgan fingerprint density at radius 1 is 1.41 bits per heavy atom. The zero-order chi connectivity index (χ0) is 15.9. The highest BCUT2D eigenvalue weighted by Crippen LogP contribution is 2.25. The van der Waals surface area contributed by atoms with Crippen molar-refractivity contribution >= 4 is 11.7 Å². The summed E-state index contributed by atoms with van der Waals surface area (Å²) in [5, 5.41) is 0. The van der Waals surface area contributed by atoms with Crippen LogP contribution >= 0.6 is 0 Å². The Bertz CT molecular complexity index is 721. The van der Waals surface area contributed by atoms with Gasteiger partial charge in [0.05, 0.1) is 17.8 Å². The minimum Gasteiger partial charge on any atom is -0.399 e. The van der Waals surface area contributed by atoms with E-state index in [2.05, 4.69) is 4.98 Å². The lowest BCUT2D eigenvalue weighted by Crippen LogP contribution is -2.45. The molecule has 1 aromatic heterocycles. The van der Waals surface area contributed by atoms with Gasteiger partial charge in [0.15, 0.2) is 0 Å². The lowest BCUT2D eigenvalue weighted by atomic mass is 10.1. The fourth-order valence-corrected chi connectivity index (χ4v) is 2.50. The third-order valence-corrected chi connectivity index (χ3v) is 4.01. The quantitative estimate of drug-likeness (QED) is 0.821. The molecule has 1 aliphatic rings. The largest absolute Gasteiger partial charge is 0.399 e. The topological polar surface area (TPSA) is 73.4 Å². The van der Waals surface area contributed by atoms with Crippen LogP contribution in [0.3, 0.4) is 0 Å². The number of anilines is 1. The first-order valence-electron chi connectivity index (χ1n) is 7.19. The second kappa shape index (κ2) is 5.14. The molecule has 1 amide bonds. The molecule has 1 aromatic carbocycles. The van der Waals surface area contributed by atoms with E-state index < -0.39 is 0 Å². The molecule has 1 saturated heterocycles. The van der Waals surface area contributed by atoms with Crippen LogP contribution in [0.2, 0.25) is 0 Å². The average molecular weight is 300 g/mol. The summed E-state index contributed by atoms with van der Waals surface area (Å²) < 4.78 is 6.89. The lowest BCUT2D eigenvalue weighted by molar-refractivity contribution is 0.140. The maximum Gasteiger partial charge on any atom is 0.331 e. The maximum atomic E-state index is 12.6. The van der Waals surface area contributed by atoms with Gasteiger partial charge in [0.25, 0.3) is 0 Å². The van der Waals surface area contributed by atoms with Crippen molar-refractivity contribution in [2.75, 3.05) is 19.1 Å². The summed E-state index contributed by atoms with van der Waals surface area (Å²) in [6.45, 7) is 6.76. The van der Waals surface area contributed by atoms with Crippen LogP contribution < -0.4 is 5.73 Å². The molecule has 0 bridgehead atoms. The standard InChI is InChI=1S/C16H20N4O2/c1-11-6-12(4-5-13(11)17)14-7-19(9-18-14)15(21)20-10-22-8-16(20,2)3/h4-7,9H,8,10,17H2,1-3H3. The summed E-state index contributed by atoms with van der Waals surface area (Å²) in [5.74, 6) is 0. The zero-order valence-electron chi connectivity index (χ0n) is 13.0. The van der Waals surface area contributed by atoms with Crippen molar-refractivity contribution < 1.29 is 9.53 Å². The van der Waals surface area contributed by atoms with Crippen molar-refractivity contribution in [3.05, 3.63) is 36.3 Å². The van der Waals surface area contributed by atoms with Crippen molar-refractivity contribution in [1.29, 1.82) is 0 Å². The predicted octanol–water partition coefficient (Wildman–Crippen LogP) is 2.48. The number of hydrogen-bond acceptors (Lipinski definition) is 4. The SMILES string of the molecule is Cc1cc(-c2cn(C(=O)N3COCC3(C)C)cn2)ccc1N. The minimum atomic E-state index is -0.306. The van der Waals surface area contributed by atoms with E-state index in [9.17, 15) is 4.79 Å². The lowest BCUT2D eigenvalue weighted by Gasteiger charge is -2.28. The summed E-state index contributed by atoms with van der Waals surface area (Å²) in [5.41, 5.74) is 8.95. The molecule has 0 unspecified atom stereocenters. The van der Waals surface area contributed by atoms with Crippen molar-refractivity contribution in [1.82, 2.24) is 14.5 Å². The highest BCUT2D eigenvalue weighted by atomic mass is 16.5. The molecule has 1 aliphatic heterocycles. The van der Waals surface area contributed by atoms with Crippen LogP contribution in [0.4, 0.5) is 10.5 Å². The number of rotatable bonds is 1. The molecule has 3 rings (SSSR count). The van der Waals surface area contributed by atoms with E-state index >= 15 is 0 Å². The molecule has 2 heterocycles. The highest BCUT2D eigenvalue weighted by Gasteiger charge is 2.37. The second-order valence-corrected chi connectivity index (χ2v) is 6.24. The summed E-state index contributed by atoms with van der Waals surface area (Å²) in [7, 11) is 0. The fraction of sp³-hybridized carbons (Fsp3) is 0.375. The first-order chi connectivity index (χ1) is 10.4. The van der Waals surface area contributed by atoms with Crippen LogP contribution in [0.5, 0.6) is 0 Å². The number of aromatic nitrogens is 2. The Balaban J connectivity index is 1.87. The van der Waals surface area contributed by atoms with Gasteiger partial charge in [-0.1, -0.05) is 6.07 Å². The zero-order valence-corrected chi connectivity index (χ0v) is 13.0. The van der Waals surface area contributed by atoms with Gasteiger partial charge in [-0.3, -0.25) is 9.47 Å². The van der Waals surface area contributed by atoms with Gasteiger partial charge in [-0.15, -0.1) is 0 Å². The van der Waals surface area contributed by atoms with Crippen LogP contribution in [0, 0.1) is 6.92 Å². The molecule has 0 spiro atoms. The van der Waals surface area contributed by atoms with E-state index in [1.54, 1.807) is 11.1 Å². The van der Waals surface area contributed by atoms with Gasteiger partial charge in [0, 0.05) is 17.4 Å². The normalized spacial score (nSPS) is 17.0. The van der Waals surface area contributed by atoms with Crippen molar-refractivity contribution in [2.24, 2.45) is 0 Å². The summed E-state index contributed by atoms with van der Waals surface area (Å²) >= 11 is 0. The van der Waals surface area contributed by atoms with Gasteiger partial charge in [-0.2, -0.15) is 0 Å². The number of nitrogen functional groups attached to an aromatic ring is 1. The van der Waals surface area contributed by atoms with E-state index in [-0.39, 0.29) is 11.6 Å². The highest BCUT2D eigenvalue weighted by molar-refractivity contribution is 5.79. The van der Waals surface area contributed by atoms with Crippen molar-refractivity contribution in [3.63, 3.8) is 0 Å². The molecule has 22 heavy (non-hydrogen) atoms. The molecule has 0 atom stereocenters. The molecule has 6 nitrogen and oxygen atoms in total. The summed E-state index contributed by atoms with van der Waals surface area (Å²) in [6.07, 6.45) is 3.28. The molecule has 116 valence electrons. The number of carbonyl (C=O) groups excluding carboxylic acids is 1. The molecule has 2 aromatic rings. The fourth-order valence-electron chi connectivity index (χ4n) is 2.50. The Morgan fingerprint density at radius 3 is 2.82 bits per heavy atom. The monoisotopic (exact) mass is 300 g/mol. The average Bonchev–Trinajstić information content (AvgIpc) is 3.07. The molecular formula is C16H20N4O2. The Morgan fingerprint density at radius 2 is 2.18 bits per heavy atom. The van der Waals surface area contributed by atoms with Gasteiger partial charge in [0.2, 0.25) is 0 Å². The molecule has 1 fully saturated rings. The van der Waals surface area contributed by atoms with E-state index in [1.165, 1.54) is 10.9 Å². The molecule has 0 saturated carbocycles. The van der Waals surface area contributed by atoms with Crippen LogP contribution in [0.15, 0.2) is 30.7 Å². The van der Waals surface area contributed by atoms with Crippen molar-refractivity contribution in [2.45, 2.75) is 26.3 Å². The van der Waals surface area contributed by atoms with Gasteiger partial charge in [-0.05, 0) is 38.5 Å². The van der Waals surface area contributed by atoms with Gasteiger partial charge >= 0.3 is 6.03 Å². The number of benzene rings is 1. The van der Waals surface area contributed by atoms with Crippen LogP contribution in [0.1, 0.15) is 19.4 Å². The van der Waals surface area contributed by atoms with E-state index in [0.717, 1.165) is 22.5 Å². The van der Waals surface area contributed by atoms with Gasteiger partial charge in [-0.25, -0.2) is 9.78 Å². The number of imidazole rings is 1. The maximum absolute atomic E-state index is 12.6. The van der Waals surface area contributed by atoms with Crippen LogP contribution in [-0.2, 0) is 4.74 Å². The number of nitrogens with two attached hydrogens (primary N) is 1. The van der Waals surface area contributed by atoms with E-state index in [4.69, 9.17) is 10.5 Å². The van der Waals surface area contributed by atoms with Crippen LogP contribution in [-0.4, -0.2) is 39.4 Å². The van der Waals surface area contributed by atoms with Gasteiger partial charge in [0.1, 0.15) is 13.1 Å². The minimum absolute atomic E-state index is 0.131. The number of aryl methyl sites for hydroxylation is 1. The Kier molecular flexibility index (Phi) is 3.41. The van der Waals surface area contributed by atoms with Crippen molar-refractivity contribution in [3.8, 4) is 11.3 Å². The molecule has 2 N–H and O–H groups in total. The second-order valence-electron chi connectivity index (χ2n) is 6.24. The summed E-state index contributed by atoms with van der Waals surface area (Å²) in [6, 6.07) is 5.59. The summed E-state index contributed by atoms with van der Waals surface area (Å²) in [4.78, 5) is 18.6. The third-order valence-electron chi connectivity index (χ3n) is 4.01. The Labute approximate surface area is 129 Å². The van der Waals surface area contributed by atoms with Gasteiger partial charge < -0.3 is 10.5 Å². The smallest absolute Gasteiger partial charge is 0.331 e. The molecule has 0 aliphatic carbocycles. The number of nitrogens with zero attached hydrogens (tertiary/aromatic N) is 3. The molecular weight excluding hydrogens is 280 g/mol. The third kappa shape index (κ3) is 2.46. The number of carbonyl (C=O) groups is 1. The first kappa shape index (κ1) is 14.6. The molecule has 6 heteroatoms. The number of ether oxygens (including phenoxy) is 1. The molecule has 0 radical (unpaired) electrons. The van der Waals surface area contributed by atoms with E-state index in [1.807, 2.05) is 39.0 Å².